The molecule has 1 atom stereocenters. The van der Waals surface area contributed by atoms with E-state index in [1.54, 1.807) is 0 Å². The molecule has 5 nitrogen and oxygen atoms in total. The molecule has 0 aliphatic rings. The number of carbonyl (C=O) groups excluding carboxylic acids is 1. The summed E-state index contributed by atoms with van der Waals surface area (Å²) in [5, 5.41) is 11.7. The van der Waals surface area contributed by atoms with Crippen molar-refractivity contribution in [3.8, 4) is 0 Å². The van der Waals surface area contributed by atoms with Crippen molar-refractivity contribution < 1.29 is 19.4 Å². The maximum atomic E-state index is 11.3. The molecule has 0 aliphatic carbocycles. The molecule has 2 N–H and O–H groups in total. The van der Waals surface area contributed by atoms with Gasteiger partial charge in [0.1, 0.15) is 5.60 Å². The van der Waals surface area contributed by atoms with Crippen LogP contribution < -0.4 is 5.32 Å². The lowest BCUT2D eigenvalue weighted by Gasteiger charge is -2.19. The van der Waals surface area contributed by atoms with Crippen LogP contribution in [-0.2, 0) is 9.53 Å². The average Bonchev–Trinajstić information content (AvgIpc) is 2.24. The van der Waals surface area contributed by atoms with Crippen molar-refractivity contribution >= 4 is 12.1 Å². The number of hydrogen-bond acceptors (Lipinski definition) is 3. The van der Waals surface area contributed by atoms with Crippen LogP contribution in [0.15, 0.2) is 0 Å². The number of carbonyl (C=O) groups is 2. The van der Waals surface area contributed by atoms with Gasteiger partial charge in [-0.3, -0.25) is 4.79 Å². The Bertz CT molecular complexity index is 284. The molecule has 5 heteroatoms. The van der Waals surface area contributed by atoms with Crippen LogP contribution in [0.1, 0.15) is 59.8 Å². The second-order valence-corrected chi connectivity index (χ2v) is 5.75. The third kappa shape index (κ3) is 10.4. The van der Waals surface area contributed by atoms with E-state index in [1.165, 1.54) is 0 Å². The number of amides is 1. The minimum atomic E-state index is -0.720. The number of ether oxygens (including phenoxy) is 1. The van der Waals surface area contributed by atoms with Gasteiger partial charge in [0.05, 0.1) is 5.92 Å². The van der Waals surface area contributed by atoms with Crippen molar-refractivity contribution in [3.63, 3.8) is 0 Å². The maximum absolute atomic E-state index is 11.3. The molecule has 0 bridgehead atoms. The van der Waals surface area contributed by atoms with E-state index in [2.05, 4.69) is 5.32 Å². The molecule has 0 aromatic heterocycles. The summed E-state index contributed by atoms with van der Waals surface area (Å²) in [5.41, 5.74) is -0.486. The summed E-state index contributed by atoms with van der Waals surface area (Å²) < 4.78 is 5.10. The van der Waals surface area contributed by atoms with Gasteiger partial charge < -0.3 is 15.2 Å². The highest BCUT2D eigenvalue weighted by Gasteiger charge is 2.17. The fraction of sp³-hybridized carbons (Fsp3) is 0.857. The van der Waals surface area contributed by atoms with Crippen molar-refractivity contribution in [1.82, 2.24) is 5.32 Å². The highest BCUT2D eigenvalue weighted by atomic mass is 16.6. The van der Waals surface area contributed by atoms with Crippen LogP contribution in [-0.4, -0.2) is 29.3 Å². The predicted octanol–water partition coefficient (Wildman–Crippen LogP) is 3.18. The van der Waals surface area contributed by atoms with Gasteiger partial charge in [0, 0.05) is 6.54 Å². The van der Waals surface area contributed by atoms with E-state index in [-0.39, 0.29) is 5.92 Å². The summed E-state index contributed by atoms with van der Waals surface area (Å²) in [6.45, 7) is 7.95. The Kier molecular flexibility index (Phi) is 8.19. The van der Waals surface area contributed by atoms with Crippen molar-refractivity contribution in [2.24, 2.45) is 5.92 Å². The molecule has 0 spiro atoms. The molecule has 0 saturated carbocycles. The molecule has 0 rings (SSSR count). The molecule has 0 saturated heterocycles. The number of alkyl carbamates (subject to hydrolysis) is 1. The second-order valence-electron chi connectivity index (χ2n) is 5.75. The van der Waals surface area contributed by atoms with Gasteiger partial charge in [-0.05, 0) is 40.0 Å². The average molecular weight is 273 g/mol. The van der Waals surface area contributed by atoms with Crippen molar-refractivity contribution in [2.75, 3.05) is 6.54 Å². The number of carboxylic acids is 1. The molecule has 0 heterocycles. The lowest BCUT2D eigenvalue weighted by Crippen LogP contribution is -2.33. The Hall–Kier alpha value is -1.26. The fourth-order valence-electron chi connectivity index (χ4n) is 1.76. The first-order valence-electron chi connectivity index (χ1n) is 6.96. The molecule has 0 aliphatic heterocycles. The number of unbranched alkanes of at least 4 members (excludes halogenated alkanes) is 1. The molecule has 0 aromatic rings. The standard InChI is InChI=1S/C14H27NO4/c1-5-8-11(12(16)17)9-6-7-10-15-13(18)19-14(2,3)4/h11H,5-10H2,1-4H3,(H,15,18)(H,16,17). The van der Waals surface area contributed by atoms with E-state index in [1.807, 2.05) is 27.7 Å². The summed E-state index contributed by atoms with van der Waals surface area (Å²) in [7, 11) is 0. The minimum Gasteiger partial charge on any atom is -0.481 e. The van der Waals surface area contributed by atoms with E-state index in [0.29, 0.717) is 13.0 Å². The Labute approximate surface area is 115 Å². The fourth-order valence-corrected chi connectivity index (χ4v) is 1.76. The zero-order valence-electron chi connectivity index (χ0n) is 12.5. The molecule has 0 radical (unpaired) electrons. The lowest BCUT2D eigenvalue weighted by atomic mass is 9.97. The topological polar surface area (TPSA) is 75.6 Å². The maximum Gasteiger partial charge on any atom is 0.407 e. The van der Waals surface area contributed by atoms with Gasteiger partial charge in [0.15, 0.2) is 0 Å². The van der Waals surface area contributed by atoms with Gasteiger partial charge in [-0.15, -0.1) is 0 Å². The smallest absolute Gasteiger partial charge is 0.407 e. The first kappa shape index (κ1) is 17.7. The Morgan fingerprint density at radius 2 is 1.84 bits per heavy atom. The van der Waals surface area contributed by atoms with E-state index in [0.717, 1.165) is 25.7 Å². The van der Waals surface area contributed by atoms with Gasteiger partial charge in [-0.2, -0.15) is 0 Å². The molecule has 1 amide bonds. The summed E-state index contributed by atoms with van der Waals surface area (Å²) in [5.74, 6) is -0.978. The van der Waals surface area contributed by atoms with E-state index >= 15 is 0 Å². The number of hydrogen-bond donors (Lipinski definition) is 2. The van der Waals surface area contributed by atoms with Gasteiger partial charge in [-0.1, -0.05) is 19.8 Å². The molecule has 1 unspecified atom stereocenters. The van der Waals surface area contributed by atoms with Crippen LogP contribution in [0.4, 0.5) is 4.79 Å². The summed E-state index contributed by atoms with van der Waals surface area (Å²) >= 11 is 0. The van der Waals surface area contributed by atoms with Gasteiger partial charge in [0.25, 0.3) is 0 Å². The molecule has 0 aromatic carbocycles. The van der Waals surface area contributed by atoms with Crippen molar-refractivity contribution in [2.45, 2.75) is 65.4 Å². The number of nitrogens with one attached hydrogen (secondary N) is 1. The predicted molar refractivity (Wildman–Crippen MR) is 74.1 cm³/mol. The number of rotatable bonds is 8. The number of aliphatic carboxylic acids is 1. The third-order valence-corrected chi connectivity index (χ3v) is 2.63. The Morgan fingerprint density at radius 1 is 1.21 bits per heavy atom. The monoisotopic (exact) mass is 273 g/mol. The second kappa shape index (κ2) is 8.77. The molecular weight excluding hydrogens is 246 g/mol. The van der Waals surface area contributed by atoms with Gasteiger partial charge in [0.2, 0.25) is 0 Å². The van der Waals surface area contributed by atoms with Crippen LogP contribution in [0.2, 0.25) is 0 Å². The summed E-state index contributed by atoms with van der Waals surface area (Å²) in [6, 6.07) is 0. The molecule has 112 valence electrons. The zero-order chi connectivity index (χ0) is 14.9. The summed E-state index contributed by atoms with van der Waals surface area (Å²) in [4.78, 5) is 22.3. The summed E-state index contributed by atoms with van der Waals surface area (Å²) in [6.07, 6.45) is 3.41. The van der Waals surface area contributed by atoms with Crippen LogP contribution >= 0.6 is 0 Å². The molecule has 0 fully saturated rings. The number of carboxylic acid groups (broad SMARTS) is 1. The SMILES string of the molecule is CCCC(CCCCNC(=O)OC(C)(C)C)C(=O)O. The first-order valence-corrected chi connectivity index (χ1v) is 6.96. The highest BCUT2D eigenvalue weighted by molar-refractivity contribution is 5.69. The Morgan fingerprint density at radius 3 is 2.32 bits per heavy atom. The van der Waals surface area contributed by atoms with Crippen molar-refractivity contribution in [1.29, 1.82) is 0 Å². The van der Waals surface area contributed by atoms with Crippen LogP contribution in [0, 0.1) is 5.92 Å². The molecular formula is C14H27NO4. The van der Waals surface area contributed by atoms with Crippen molar-refractivity contribution in [3.05, 3.63) is 0 Å². The lowest BCUT2D eigenvalue weighted by molar-refractivity contribution is -0.142. The van der Waals surface area contributed by atoms with E-state index < -0.39 is 17.7 Å². The van der Waals surface area contributed by atoms with Crippen LogP contribution in [0.25, 0.3) is 0 Å². The van der Waals surface area contributed by atoms with E-state index in [9.17, 15) is 9.59 Å². The Balaban J connectivity index is 3.69. The first-order chi connectivity index (χ1) is 8.76. The van der Waals surface area contributed by atoms with Crippen LogP contribution in [0.5, 0.6) is 0 Å². The zero-order valence-corrected chi connectivity index (χ0v) is 12.5. The van der Waals surface area contributed by atoms with Crippen LogP contribution in [0.3, 0.4) is 0 Å². The van der Waals surface area contributed by atoms with Gasteiger partial charge in [-0.25, -0.2) is 4.79 Å². The quantitative estimate of drug-likeness (QED) is 0.666. The largest absolute Gasteiger partial charge is 0.481 e. The normalized spacial score (nSPS) is 12.8. The van der Waals surface area contributed by atoms with Gasteiger partial charge >= 0.3 is 12.1 Å². The minimum absolute atomic E-state index is 0.258. The highest BCUT2D eigenvalue weighted by Crippen LogP contribution is 2.14. The molecule has 19 heavy (non-hydrogen) atoms. The third-order valence-electron chi connectivity index (χ3n) is 2.63. The van der Waals surface area contributed by atoms with E-state index in [4.69, 9.17) is 9.84 Å².